The van der Waals surface area contributed by atoms with Crippen molar-refractivity contribution in [1.29, 1.82) is 0 Å². The summed E-state index contributed by atoms with van der Waals surface area (Å²) in [5.41, 5.74) is 1.43. The van der Waals surface area contributed by atoms with E-state index in [1.165, 1.54) is 12.1 Å². The molecule has 3 rings (SSSR count). The van der Waals surface area contributed by atoms with Crippen molar-refractivity contribution in [3.05, 3.63) is 65.7 Å². The molecule has 1 aliphatic heterocycles. The largest absolute Gasteiger partial charge is 0.389 e. The second-order valence-corrected chi connectivity index (χ2v) is 5.92. The minimum absolute atomic E-state index is 0.219. The highest BCUT2D eigenvalue weighted by Gasteiger charge is 2.35. The number of nitrogens with zero attached hydrogens (tertiary/aromatic N) is 1. The third kappa shape index (κ3) is 4.60. The van der Waals surface area contributed by atoms with E-state index in [1.54, 1.807) is 36.7 Å². The summed E-state index contributed by atoms with van der Waals surface area (Å²) in [7, 11) is 0. The maximum absolute atomic E-state index is 12.9. The summed E-state index contributed by atoms with van der Waals surface area (Å²) in [5.74, 6) is -0.515. The van der Waals surface area contributed by atoms with Crippen LogP contribution in [-0.4, -0.2) is 47.4 Å². The van der Waals surface area contributed by atoms with Gasteiger partial charge in [0.15, 0.2) is 0 Å². The van der Waals surface area contributed by atoms with Gasteiger partial charge < -0.3 is 20.5 Å². The summed E-state index contributed by atoms with van der Waals surface area (Å²) in [5, 5.41) is 16.3. The first-order chi connectivity index (χ1) is 12.1. The van der Waals surface area contributed by atoms with Gasteiger partial charge in [-0.25, -0.2) is 4.39 Å². The normalized spacial score (nSPS) is 22.7. The minimum atomic E-state index is -0.738. The maximum atomic E-state index is 12.9. The third-order valence-corrected chi connectivity index (χ3v) is 4.17. The number of rotatable bonds is 6. The second-order valence-electron chi connectivity index (χ2n) is 5.92. The highest BCUT2D eigenvalue weighted by molar-refractivity contribution is 5.93. The van der Waals surface area contributed by atoms with Crippen LogP contribution in [0.4, 0.5) is 4.39 Å². The Bertz CT molecular complexity index is 696. The molecule has 1 aromatic heterocycles. The lowest BCUT2D eigenvalue weighted by Gasteiger charge is -2.19. The van der Waals surface area contributed by atoms with E-state index < -0.39 is 12.2 Å². The highest BCUT2D eigenvalue weighted by Crippen LogP contribution is 2.15. The number of amides is 1. The predicted octanol–water partition coefficient (Wildman–Crippen LogP) is 0.869. The maximum Gasteiger partial charge on any atom is 0.251 e. The van der Waals surface area contributed by atoms with Gasteiger partial charge in [-0.2, -0.15) is 0 Å². The molecule has 1 fully saturated rings. The third-order valence-electron chi connectivity index (χ3n) is 4.17. The summed E-state index contributed by atoms with van der Waals surface area (Å²) >= 11 is 0. The number of hydrogen-bond donors (Lipinski definition) is 3. The minimum Gasteiger partial charge on any atom is -0.389 e. The van der Waals surface area contributed by atoms with E-state index in [-0.39, 0.29) is 24.3 Å². The summed E-state index contributed by atoms with van der Waals surface area (Å²) < 4.78 is 18.5. The van der Waals surface area contributed by atoms with E-state index >= 15 is 0 Å². The van der Waals surface area contributed by atoms with E-state index in [2.05, 4.69) is 15.6 Å². The Hall–Kier alpha value is -2.35. The summed E-state index contributed by atoms with van der Waals surface area (Å²) in [6.45, 7) is 1.07. The number of carbonyl (C=O) groups excluding carboxylic acids is 1. The van der Waals surface area contributed by atoms with Crippen LogP contribution in [0.2, 0.25) is 0 Å². The zero-order chi connectivity index (χ0) is 17.6. The van der Waals surface area contributed by atoms with Gasteiger partial charge in [0, 0.05) is 31.0 Å². The number of aromatic nitrogens is 1. The molecule has 0 unspecified atom stereocenters. The summed E-state index contributed by atoms with van der Waals surface area (Å²) in [4.78, 5) is 15.9. The number of aliphatic hydroxyl groups is 1. The molecule has 1 amide bonds. The van der Waals surface area contributed by atoms with Crippen molar-refractivity contribution in [3.63, 3.8) is 0 Å². The van der Waals surface area contributed by atoms with Crippen molar-refractivity contribution in [1.82, 2.24) is 15.6 Å². The molecule has 6 nitrogen and oxygen atoms in total. The van der Waals surface area contributed by atoms with Crippen molar-refractivity contribution < 1.29 is 19.0 Å². The zero-order valence-corrected chi connectivity index (χ0v) is 13.6. The van der Waals surface area contributed by atoms with Crippen LogP contribution in [0.1, 0.15) is 15.9 Å². The zero-order valence-electron chi connectivity index (χ0n) is 13.6. The molecule has 0 aliphatic carbocycles. The number of halogens is 1. The SMILES string of the molecule is O=C(NC[C@H]1OC[C@@H](NCc2ccc(F)cc2)[C@@H]1O)c1ccncc1. The Morgan fingerprint density at radius 2 is 1.96 bits per heavy atom. The Morgan fingerprint density at radius 1 is 1.24 bits per heavy atom. The number of nitrogens with one attached hydrogen (secondary N) is 2. The first kappa shape index (κ1) is 17.5. The number of carbonyl (C=O) groups is 1. The van der Waals surface area contributed by atoms with Crippen molar-refractivity contribution in [2.45, 2.75) is 24.8 Å². The van der Waals surface area contributed by atoms with E-state index in [0.717, 1.165) is 5.56 Å². The number of hydrogen-bond acceptors (Lipinski definition) is 5. The second kappa shape index (κ2) is 8.15. The predicted molar refractivity (Wildman–Crippen MR) is 89.3 cm³/mol. The van der Waals surface area contributed by atoms with Gasteiger partial charge in [-0.05, 0) is 29.8 Å². The lowest BCUT2D eigenvalue weighted by molar-refractivity contribution is 0.0398. The average Bonchev–Trinajstić information content (AvgIpc) is 3.00. The quantitative estimate of drug-likeness (QED) is 0.724. The van der Waals surface area contributed by atoms with Gasteiger partial charge in [0.05, 0.1) is 18.8 Å². The Morgan fingerprint density at radius 3 is 2.68 bits per heavy atom. The van der Waals surface area contributed by atoms with Crippen LogP contribution in [0.5, 0.6) is 0 Å². The van der Waals surface area contributed by atoms with Gasteiger partial charge in [0.2, 0.25) is 0 Å². The van der Waals surface area contributed by atoms with Crippen LogP contribution in [0.15, 0.2) is 48.8 Å². The van der Waals surface area contributed by atoms with Crippen LogP contribution in [-0.2, 0) is 11.3 Å². The molecular formula is C18H20FN3O3. The van der Waals surface area contributed by atoms with Gasteiger partial charge in [0.25, 0.3) is 5.91 Å². The molecule has 0 radical (unpaired) electrons. The summed E-state index contributed by atoms with van der Waals surface area (Å²) in [6, 6.07) is 9.18. The Balaban J connectivity index is 1.46. The molecule has 1 saturated heterocycles. The van der Waals surface area contributed by atoms with E-state index in [1.807, 2.05) is 0 Å². The van der Waals surface area contributed by atoms with Gasteiger partial charge >= 0.3 is 0 Å². The molecule has 25 heavy (non-hydrogen) atoms. The lowest BCUT2D eigenvalue weighted by Crippen LogP contribution is -2.44. The van der Waals surface area contributed by atoms with Crippen molar-refractivity contribution in [2.24, 2.45) is 0 Å². The molecule has 0 bridgehead atoms. The van der Waals surface area contributed by atoms with Crippen molar-refractivity contribution >= 4 is 5.91 Å². The van der Waals surface area contributed by atoms with Gasteiger partial charge in [-0.3, -0.25) is 9.78 Å². The van der Waals surface area contributed by atoms with Crippen LogP contribution in [0.25, 0.3) is 0 Å². The molecule has 2 heterocycles. The fourth-order valence-electron chi connectivity index (χ4n) is 2.69. The number of aliphatic hydroxyl groups excluding tert-OH is 1. The highest BCUT2D eigenvalue weighted by atomic mass is 19.1. The molecule has 132 valence electrons. The average molecular weight is 345 g/mol. The van der Waals surface area contributed by atoms with Crippen molar-refractivity contribution in [3.8, 4) is 0 Å². The van der Waals surface area contributed by atoms with Crippen LogP contribution < -0.4 is 10.6 Å². The van der Waals surface area contributed by atoms with Crippen LogP contribution in [0, 0.1) is 5.82 Å². The fourth-order valence-corrected chi connectivity index (χ4v) is 2.69. The molecule has 3 atom stereocenters. The molecule has 0 saturated carbocycles. The monoisotopic (exact) mass is 345 g/mol. The number of benzene rings is 1. The van der Waals surface area contributed by atoms with Gasteiger partial charge in [-0.1, -0.05) is 12.1 Å². The Kier molecular flexibility index (Phi) is 5.70. The fraction of sp³-hybridized carbons (Fsp3) is 0.333. The molecule has 0 spiro atoms. The summed E-state index contributed by atoms with van der Waals surface area (Å²) in [6.07, 6.45) is 1.88. The van der Waals surface area contributed by atoms with E-state index in [4.69, 9.17) is 4.74 Å². The smallest absolute Gasteiger partial charge is 0.251 e. The van der Waals surface area contributed by atoms with Gasteiger partial charge in [0.1, 0.15) is 11.9 Å². The van der Waals surface area contributed by atoms with Crippen LogP contribution >= 0.6 is 0 Å². The molecule has 1 aromatic carbocycles. The van der Waals surface area contributed by atoms with Crippen molar-refractivity contribution in [2.75, 3.05) is 13.2 Å². The molecular weight excluding hydrogens is 325 g/mol. The first-order valence-corrected chi connectivity index (χ1v) is 8.09. The molecule has 2 aromatic rings. The standard InChI is InChI=1S/C18H20FN3O3/c19-14-3-1-12(2-4-14)9-21-15-11-25-16(17(15)23)10-22-18(24)13-5-7-20-8-6-13/h1-8,15-17,21,23H,9-11H2,(H,22,24)/t15-,16-,17+/m1/s1. The molecule has 1 aliphatic rings. The van der Waals surface area contributed by atoms with Gasteiger partial charge in [-0.15, -0.1) is 0 Å². The molecule has 3 N–H and O–H groups in total. The molecule has 7 heteroatoms. The van der Waals surface area contributed by atoms with E-state index in [9.17, 15) is 14.3 Å². The van der Waals surface area contributed by atoms with Crippen LogP contribution in [0.3, 0.4) is 0 Å². The topological polar surface area (TPSA) is 83.5 Å². The van der Waals surface area contributed by atoms with E-state index in [0.29, 0.717) is 18.7 Å². The Labute approximate surface area is 145 Å². The number of pyridine rings is 1. The first-order valence-electron chi connectivity index (χ1n) is 8.09. The lowest BCUT2D eigenvalue weighted by atomic mass is 10.1. The number of ether oxygens (including phenoxy) is 1.